The fourth-order valence-electron chi connectivity index (χ4n) is 2.36. The highest BCUT2D eigenvalue weighted by Crippen LogP contribution is 2.26. The van der Waals surface area contributed by atoms with Gasteiger partial charge in [-0.1, -0.05) is 43.1 Å². The van der Waals surface area contributed by atoms with Crippen molar-refractivity contribution in [3.63, 3.8) is 0 Å². The van der Waals surface area contributed by atoms with Gasteiger partial charge in [0, 0.05) is 11.9 Å². The van der Waals surface area contributed by atoms with Crippen LogP contribution in [-0.4, -0.2) is 20.0 Å². The Balaban J connectivity index is 3.09. The Morgan fingerprint density at radius 3 is 2.47 bits per heavy atom. The van der Waals surface area contributed by atoms with E-state index in [9.17, 15) is 10.1 Å². The SMILES string of the molecule is CCCC(CBr)Cn1nc(CC)c([N+](=O)[O-])c1CC. The lowest BCUT2D eigenvalue weighted by molar-refractivity contribution is -0.386. The topological polar surface area (TPSA) is 61.0 Å². The number of rotatable bonds is 8. The molecule has 0 aliphatic heterocycles. The number of aryl methyl sites for hydroxylation is 1. The van der Waals surface area contributed by atoms with E-state index in [4.69, 9.17) is 0 Å². The van der Waals surface area contributed by atoms with Crippen molar-refractivity contribution in [2.45, 2.75) is 53.0 Å². The Morgan fingerprint density at radius 1 is 1.37 bits per heavy atom. The molecule has 1 aromatic rings. The second-order valence-electron chi connectivity index (χ2n) is 4.70. The molecule has 1 rings (SSSR count). The van der Waals surface area contributed by atoms with Crippen LogP contribution in [0, 0.1) is 16.0 Å². The number of alkyl halides is 1. The molecule has 1 aromatic heterocycles. The Bertz CT molecular complexity index is 432. The summed E-state index contributed by atoms with van der Waals surface area (Å²) in [7, 11) is 0. The van der Waals surface area contributed by atoms with E-state index in [-0.39, 0.29) is 10.6 Å². The molecule has 0 aliphatic rings. The maximum atomic E-state index is 11.2. The quantitative estimate of drug-likeness (QED) is 0.414. The van der Waals surface area contributed by atoms with Crippen molar-refractivity contribution in [3.8, 4) is 0 Å². The molecule has 1 atom stereocenters. The van der Waals surface area contributed by atoms with Crippen LogP contribution in [0.15, 0.2) is 0 Å². The lowest BCUT2D eigenvalue weighted by Crippen LogP contribution is -2.15. The van der Waals surface area contributed by atoms with E-state index in [0.717, 1.165) is 30.4 Å². The molecule has 0 spiro atoms. The molecule has 0 amide bonds. The van der Waals surface area contributed by atoms with E-state index in [1.165, 1.54) is 0 Å². The van der Waals surface area contributed by atoms with Gasteiger partial charge in [-0.15, -0.1) is 0 Å². The summed E-state index contributed by atoms with van der Waals surface area (Å²) in [6, 6.07) is 0. The van der Waals surface area contributed by atoms with Crippen molar-refractivity contribution < 1.29 is 4.92 Å². The summed E-state index contributed by atoms with van der Waals surface area (Å²) in [6.07, 6.45) is 3.46. The van der Waals surface area contributed by atoms with Crippen LogP contribution in [0.5, 0.6) is 0 Å². The number of hydrogen-bond donors (Lipinski definition) is 0. The van der Waals surface area contributed by atoms with Gasteiger partial charge in [-0.05, 0) is 25.2 Å². The maximum absolute atomic E-state index is 11.2. The standard InChI is InChI=1S/C13H22BrN3O2/c1-4-7-10(8-14)9-16-12(6-3)13(17(18)19)11(5-2)15-16/h10H,4-9H2,1-3H3. The molecule has 0 saturated heterocycles. The van der Waals surface area contributed by atoms with Crippen LogP contribution in [0.3, 0.4) is 0 Å². The van der Waals surface area contributed by atoms with E-state index in [1.54, 1.807) is 0 Å². The van der Waals surface area contributed by atoms with Crippen LogP contribution in [0.1, 0.15) is 45.0 Å². The Labute approximate surface area is 122 Å². The van der Waals surface area contributed by atoms with Gasteiger partial charge in [0.2, 0.25) is 0 Å². The van der Waals surface area contributed by atoms with Crippen molar-refractivity contribution in [3.05, 3.63) is 21.5 Å². The van der Waals surface area contributed by atoms with Gasteiger partial charge < -0.3 is 0 Å². The molecule has 1 heterocycles. The molecule has 0 saturated carbocycles. The van der Waals surface area contributed by atoms with E-state index in [0.29, 0.717) is 24.5 Å². The predicted molar refractivity (Wildman–Crippen MR) is 79.8 cm³/mol. The largest absolute Gasteiger partial charge is 0.313 e. The summed E-state index contributed by atoms with van der Waals surface area (Å²) in [5, 5.41) is 16.5. The van der Waals surface area contributed by atoms with Crippen LogP contribution in [0.4, 0.5) is 5.69 Å². The molecule has 0 N–H and O–H groups in total. The number of halogens is 1. The summed E-state index contributed by atoms with van der Waals surface area (Å²) < 4.78 is 1.85. The van der Waals surface area contributed by atoms with E-state index < -0.39 is 0 Å². The van der Waals surface area contributed by atoms with Crippen LogP contribution < -0.4 is 0 Å². The molecule has 0 radical (unpaired) electrons. The van der Waals surface area contributed by atoms with Crippen LogP contribution in [0.2, 0.25) is 0 Å². The number of hydrogen-bond acceptors (Lipinski definition) is 3. The third-order valence-corrected chi connectivity index (χ3v) is 4.21. The fourth-order valence-corrected chi connectivity index (χ4v) is 2.89. The second-order valence-corrected chi connectivity index (χ2v) is 5.34. The van der Waals surface area contributed by atoms with Gasteiger partial charge in [0.05, 0.1) is 4.92 Å². The fraction of sp³-hybridized carbons (Fsp3) is 0.769. The first-order chi connectivity index (χ1) is 9.08. The summed E-state index contributed by atoms with van der Waals surface area (Å²) in [5.74, 6) is 0.472. The zero-order chi connectivity index (χ0) is 14.4. The van der Waals surface area contributed by atoms with Gasteiger partial charge in [0.15, 0.2) is 0 Å². The molecule has 19 heavy (non-hydrogen) atoms. The molecule has 0 fully saturated rings. The van der Waals surface area contributed by atoms with Gasteiger partial charge >= 0.3 is 5.69 Å². The molecule has 5 nitrogen and oxygen atoms in total. The van der Waals surface area contributed by atoms with Crippen molar-refractivity contribution in [2.24, 2.45) is 5.92 Å². The minimum Gasteiger partial charge on any atom is -0.262 e. The highest BCUT2D eigenvalue weighted by molar-refractivity contribution is 9.09. The third-order valence-electron chi connectivity index (χ3n) is 3.30. The molecule has 1 unspecified atom stereocenters. The molecule has 0 bridgehead atoms. The molecule has 0 aliphatic carbocycles. The number of nitro groups is 1. The van der Waals surface area contributed by atoms with Crippen molar-refractivity contribution in [2.75, 3.05) is 5.33 Å². The second kappa shape index (κ2) is 7.62. The molecule has 108 valence electrons. The minimum absolute atomic E-state index is 0.217. The Hall–Kier alpha value is -0.910. The van der Waals surface area contributed by atoms with Crippen molar-refractivity contribution in [1.82, 2.24) is 9.78 Å². The zero-order valence-corrected chi connectivity index (χ0v) is 13.4. The summed E-state index contributed by atoms with van der Waals surface area (Å²) in [6.45, 7) is 6.76. The third kappa shape index (κ3) is 3.78. The van der Waals surface area contributed by atoms with Gasteiger partial charge in [-0.2, -0.15) is 5.10 Å². The molecular weight excluding hydrogens is 310 g/mol. The summed E-state index contributed by atoms with van der Waals surface area (Å²) >= 11 is 3.52. The van der Waals surface area contributed by atoms with Gasteiger partial charge in [-0.25, -0.2) is 0 Å². The van der Waals surface area contributed by atoms with E-state index in [1.807, 2.05) is 18.5 Å². The van der Waals surface area contributed by atoms with Crippen LogP contribution in [-0.2, 0) is 19.4 Å². The number of aromatic nitrogens is 2. The number of nitrogens with zero attached hydrogens (tertiary/aromatic N) is 3. The normalized spacial score (nSPS) is 12.6. The van der Waals surface area contributed by atoms with Crippen LogP contribution in [0.25, 0.3) is 0 Å². The average molecular weight is 332 g/mol. The van der Waals surface area contributed by atoms with Gasteiger partial charge in [-0.3, -0.25) is 14.8 Å². The smallest absolute Gasteiger partial charge is 0.262 e. The lowest BCUT2D eigenvalue weighted by atomic mass is 10.1. The van der Waals surface area contributed by atoms with Gasteiger partial charge in [0.1, 0.15) is 11.4 Å². The summed E-state index contributed by atoms with van der Waals surface area (Å²) in [4.78, 5) is 10.9. The predicted octanol–water partition coefficient (Wildman–Crippen LogP) is 3.73. The zero-order valence-electron chi connectivity index (χ0n) is 11.9. The van der Waals surface area contributed by atoms with Crippen LogP contribution >= 0.6 is 15.9 Å². The monoisotopic (exact) mass is 331 g/mol. The average Bonchev–Trinajstić information content (AvgIpc) is 2.75. The van der Waals surface area contributed by atoms with E-state index in [2.05, 4.69) is 28.0 Å². The maximum Gasteiger partial charge on any atom is 0.313 e. The Kier molecular flexibility index (Phi) is 6.48. The highest BCUT2D eigenvalue weighted by Gasteiger charge is 2.26. The molecule has 6 heteroatoms. The highest BCUT2D eigenvalue weighted by atomic mass is 79.9. The first-order valence-electron chi connectivity index (χ1n) is 6.87. The van der Waals surface area contributed by atoms with Gasteiger partial charge in [0.25, 0.3) is 0 Å². The summed E-state index contributed by atoms with van der Waals surface area (Å²) in [5.41, 5.74) is 1.57. The minimum atomic E-state index is -0.288. The van der Waals surface area contributed by atoms with Crippen molar-refractivity contribution in [1.29, 1.82) is 0 Å². The van der Waals surface area contributed by atoms with Crippen molar-refractivity contribution >= 4 is 21.6 Å². The Morgan fingerprint density at radius 2 is 2.05 bits per heavy atom. The first kappa shape index (κ1) is 16.1. The van der Waals surface area contributed by atoms with E-state index >= 15 is 0 Å². The molecular formula is C13H22BrN3O2. The lowest BCUT2D eigenvalue weighted by Gasteiger charge is -2.14. The molecule has 0 aromatic carbocycles. The first-order valence-corrected chi connectivity index (χ1v) is 7.99.